The molecular formula is C65H119N. The van der Waals surface area contributed by atoms with Crippen LogP contribution in [-0.2, 0) is 0 Å². The molecule has 0 bridgehead atoms. The average Bonchev–Trinajstić information content (AvgIpc) is 3.60. The van der Waals surface area contributed by atoms with Crippen LogP contribution in [0.4, 0.5) is 0 Å². The van der Waals surface area contributed by atoms with Gasteiger partial charge in [-0.05, 0) is 180 Å². The summed E-state index contributed by atoms with van der Waals surface area (Å²) in [6, 6.07) is 0. The highest BCUT2D eigenvalue weighted by molar-refractivity contribution is 5.26. The molecule has 3 saturated carbocycles. The van der Waals surface area contributed by atoms with Gasteiger partial charge in [0.2, 0.25) is 0 Å². The van der Waals surface area contributed by atoms with Crippen LogP contribution in [0, 0.1) is 57.7 Å². The number of nitrogens with zero attached hydrogens (tertiary/aromatic N) is 1. The van der Waals surface area contributed by atoms with E-state index in [1.807, 2.05) is 5.57 Å². The van der Waals surface area contributed by atoms with Crippen LogP contribution in [0.15, 0.2) is 36.0 Å². The van der Waals surface area contributed by atoms with Crippen molar-refractivity contribution in [3.63, 3.8) is 0 Å². The fourth-order valence-electron chi connectivity index (χ4n) is 15.2. The topological polar surface area (TPSA) is 3.24 Å². The van der Waals surface area contributed by atoms with Crippen LogP contribution in [0.5, 0.6) is 0 Å². The Balaban J connectivity index is 0.000000289. The highest BCUT2D eigenvalue weighted by Crippen LogP contribution is 2.71. The predicted molar refractivity (Wildman–Crippen MR) is 296 cm³/mol. The van der Waals surface area contributed by atoms with E-state index >= 15 is 0 Å². The molecule has 1 heteroatoms. The first-order valence-electron chi connectivity index (χ1n) is 30.7. The van der Waals surface area contributed by atoms with Crippen molar-refractivity contribution < 1.29 is 0 Å². The van der Waals surface area contributed by atoms with E-state index in [0.29, 0.717) is 16.2 Å². The van der Waals surface area contributed by atoms with Gasteiger partial charge in [0.15, 0.2) is 0 Å². The maximum Gasteiger partial charge on any atom is 0.000965 e. The smallest absolute Gasteiger partial charge is 0.000965 e. The lowest BCUT2D eigenvalue weighted by Crippen LogP contribution is -2.52. The Hall–Kier alpha value is -0.820. The summed E-state index contributed by atoms with van der Waals surface area (Å²) in [7, 11) is 0. The van der Waals surface area contributed by atoms with Gasteiger partial charge in [-0.3, -0.25) is 0 Å². The van der Waals surface area contributed by atoms with E-state index in [1.165, 1.54) is 251 Å². The summed E-state index contributed by atoms with van der Waals surface area (Å²) >= 11 is 0. The molecule has 0 aromatic carbocycles. The molecule has 1 heterocycles. The van der Waals surface area contributed by atoms with Crippen LogP contribution in [0.2, 0.25) is 0 Å². The number of likely N-dealkylation sites (tertiary alicyclic amines) is 1. The molecule has 5 aliphatic rings. The van der Waals surface area contributed by atoms with E-state index in [0.717, 1.165) is 47.8 Å². The molecule has 384 valence electrons. The van der Waals surface area contributed by atoms with Crippen molar-refractivity contribution in [2.45, 2.75) is 300 Å². The lowest BCUT2D eigenvalue weighted by atomic mass is 9.44. The van der Waals surface area contributed by atoms with Gasteiger partial charge in [-0.15, -0.1) is 0 Å². The van der Waals surface area contributed by atoms with Crippen molar-refractivity contribution in [1.82, 2.24) is 4.90 Å². The maximum atomic E-state index is 2.80. The van der Waals surface area contributed by atoms with Crippen LogP contribution in [-0.4, -0.2) is 24.5 Å². The molecule has 1 saturated heterocycles. The lowest BCUT2D eigenvalue weighted by molar-refractivity contribution is -0.0868. The average molecular weight is 915 g/mol. The van der Waals surface area contributed by atoms with Crippen molar-refractivity contribution in [2.24, 2.45) is 57.7 Å². The summed E-state index contributed by atoms with van der Waals surface area (Å²) in [4.78, 5) is 2.77. The van der Waals surface area contributed by atoms with Gasteiger partial charge in [0.05, 0.1) is 0 Å². The normalized spacial score (nSPS) is 29.9. The van der Waals surface area contributed by atoms with E-state index in [-0.39, 0.29) is 0 Å². The van der Waals surface area contributed by atoms with Crippen molar-refractivity contribution in [3.8, 4) is 0 Å². The van der Waals surface area contributed by atoms with Gasteiger partial charge >= 0.3 is 0 Å². The van der Waals surface area contributed by atoms with Gasteiger partial charge in [-0.25, -0.2) is 0 Å². The molecule has 0 radical (unpaired) electrons. The summed E-state index contributed by atoms with van der Waals surface area (Å²) in [5.41, 5.74) is 3.57. The number of hydrogen-bond donors (Lipinski definition) is 0. The zero-order valence-corrected chi connectivity index (χ0v) is 46.7. The molecular weight excluding hydrogens is 795 g/mol. The Morgan fingerprint density at radius 3 is 1.85 bits per heavy atom. The van der Waals surface area contributed by atoms with Crippen molar-refractivity contribution >= 4 is 0 Å². The van der Waals surface area contributed by atoms with E-state index in [2.05, 4.69) is 97.6 Å². The zero-order valence-electron chi connectivity index (χ0n) is 46.7. The van der Waals surface area contributed by atoms with Gasteiger partial charge in [-0.1, -0.05) is 227 Å². The zero-order chi connectivity index (χ0) is 47.5. The Kier molecular flexibility index (Phi) is 28.2. The predicted octanol–water partition coefficient (Wildman–Crippen LogP) is 21.3. The molecule has 5 rings (SSSR count). The molecule has 0 spiro atoms. The van der Waals surface area contributed by atoms with Crippen LogP contribution >= 0.6 is 0 Å². The first kappa shape index (κ1) is 57.8. The molecule has 1 nitrogen and oxygen atoms in total. The number of allylic oxidation sites excluding steroid dienone is 6. The van der Waals surface area contributed by atoms with Gasteiger partial charge < -0.3 is 4.90 Å². The minimum absolute atomic E-state index is 0.537. The molecule has 9 atom stereocenters. The van der Waals surface area contributed by atoms with Crippen LogP contribution in [0.1, 0.15) is 300 Å². The van der Waals surface area contributed by atoms with Crippen LogP contribution in [0.3, 0.4) is 0 Å². The summed E-state index contributed by atoms with van der Waals surface area (Å²) in [6.45, 7) is 26.7. The van der Waals surface area contributed by atoms with E-state index in [9.17, 15) is 0 Å². The fourth-order valence-corrected chi connectivity index (χ4v) is 15.2. The van der Waals surface area contributed by atoms with Gasteiger partial charge in [-0.2, -0.15) is 0 Å². The maximum absolute atomic E-state index is 2.80. The third-order valence-electron chi connectivity index (χ3n) is 20.1. The van der Waals surface area contributed by atoms with Crippen LogP contribution in [0.25, 0.3) is 0 Å². The summed E-state index contributed by atoms with van der Waals surface area (Å²) in [5.74, 6) is 6.63. The molecule has 0 amide bonds. The number of rotatable bonds is 32. The lowest BCUT2D eigenvalue weighted by Gasteiger charge is -2.60. The summed E-state index contributed by atoms with van der Waals surface area (Å²) in [6.07, 6.45) is 65.1. The summed E-state index contributed by atoms with van der Waals surface area (Å²) < 4.78 is 0. The molecule has 1 aliphatic heterocycles. The van der Waals surface area contributed by atoms with Crippen molar-refractivity contribution in [3.05, 3.63) is 36.0 Å². The Bertz CT molecular complexity index is 1310. The molecule has 0 N–H and O–H groups in total. The highest BCUT2D eigenvalue weighted by Gasteiger charge is 2.63. The summed E-state index contributed by atoms with van der Waals surface area (Å²) in [5, 5.41) is 0. The fraction of sp³-hybridized carbons (Fsp3) is 0.908. The Labute approximate surface area is 416 Å². The number of unbranched alkanes of at least 4 members (excludes halogenated alkanes) is 15. The SMILES string of the molecule is CCCCC/C=C\C/C=C\CCCCCCCCCCCCC(CCCC)CN1CCCCC1.CCCCC1CC[C@@]2(C)C(=CCC3C2CC[C@@]2(C)C3CC[C@]2(C)[C@H](C)CCCC(C)C)C1. The minimum atomic E-state index is 0.537. The largest absolute Gasteiger partial charge is 0.303 e. The van der Waals surface area contributed by atoms with Gasteiger partial charge in [0.25, 0.3) is 0 Å². The third kappa shape index (κ3) is 18.4. The van der Waals surface area contributed by atoms with E-state index in [4.69, 9.17) is 0 Å². The number of hydrogen-bond acceptors (Lipinski definition) is 1. The van der Waals surface area contributed by atoms with E-state index < -0.39 is 0 Å². The second-order valence-corrected chi connectivity index (χ2v) is 25.3. The second kappa shape index (κ2) is 32.2. The Morgan fingerprint density at radius 1 is 0.591 bits per heavy atom. The van der Waals surface area contributed by atoms with Gasteiger partial charge in [0.1, 0.15) is 0 Å². The Morgan fingerprint density at radius 2 is 1.20 bits per heavy atom. The molecule has 0 aromatic heterocycles. The molecule has 0 aromatic rings. The van der Waals surface area contributed by atoms with Crippen LogP contribution < -0.4 is 0 Å². The molecule has 66 heavy (non-hydrogen) atoms. The third-order valence-corrected chi connectivity index (χ3v) is 20.1. The standard InChI is InChI=1S/C33H63N.C32H56/c1-3-5-7-8-9-10-11-12-13-14-15-16-17-18-19-20-21-22-23-25-29-33(28-6-4-2)32-34-30-26-24-27-31-34;1-8-9-13-25-16-19-30(5)26(22-25)14-15-27-28(30)17-21-32(7)29(27)18-20-31(32,6)24(4)12-10-11-23(2)3/h9-10,12-13,33H,3-8,11,14-32H2,1-2H3;14,23-25,27-29H,8-13,15-22H2,1-7H3/b10-9-,13-12-;/t;24-,25?,27?,28?,29?,30+,31-,32+/m.1/s1. The molecule has 4 aliphatic carbocycles. The van der Waals surface area contributed by atoms with Gasteiger partial charge in [0, 0.05) is 6.54 Å². The van der Waals surface area contributed by atoms with Crippen molar-refractivity contribution in [1.29, 1.82) is 0 Å². The highest BCUT2D eigenvalue weighted by atomic mass is 15.1. The molecule has 5 unspecified atom stereocenters. The van der Waals surface area contributed by atoms with E-state index in [1.54, 1.807) is 0 Å². The number of piperidine rings is 1. The first-order chi connectivity index (χ1) is 32.0. The quantitative estimate of drug-likeness (QED) is 0.0480. The minimum Gasteiger partial charge on any atom is -0.303 e. The molecule has 4 fully saturated rings. The monoisotopic (exact) mass is 914 g/mol. The second-order valence-electron chi connectivity index (χ2n) is 25.3. The first-order valence-corrected chi connectivity index (χ1v) is 30.7. The van der Waals surface area contributed by atoms with Crippen molar-refractivity contribution in [2.75, 3.05) is 19.6 Å². The number of fused-ring (bicyclic) bond motifs is 5.